The molecule has 0 aliphatic carbocycles. The molecule has 10 aromatic carbocycles. The van der Waals surface area contributed by atoms with E-state index in [-0.39, 0.29) is 16.9 Å². The molecule has 4 heterocycles. The van der Waals surface area contributed by atoms with Crippen molar-refractivity contribution in [2.45, 2.75) is 12.4 Å². The number of halogens is 6. The highest BCUT2D eigenvalue weighted by Crippen LogP contribution is 2.50. The third kappa shape index (κ3) is 6.18. The number of fused-ring (bicyclic) bond motifs is 12. The average molecular weight is 976 g/mol. The van der Waals surface area contributed by atoms with E-state index in [0.717, 1.165) is 71.8 Å². The molecule has 5 nitrogen and oxygen atoms in total. The van der Waals surface area contributed by atoms with Gasteiger partial charge in [-0.2, -0.15) is 31.6 Å². The lowest BCUT2D eigenvalue weighted by atomic mass is 9.90. The minimum atomic E-state index is -5.21. The Morgan fingerprint density at radius 2 is 0.662 bits per heavy atom. The Kier molecular flexibility index (Phi) is 9.20. The molecule has 0 fully saturated rings. The quantitative estimate of drug-likeness (QED) is 0.159. The number of nitriles is 1. The van der Waals surface area contributed by atoms with Gasteiger partial charge < -0.3 is 18.3 Å². The first-order valence-electron chi connectivity index (χ1n) is 23.9. The molecule has 0 saturated heterocycles. The van der Waals surface area contributed by atoms with Crippen molar-refractivity contribution in [3.05, 3.63) is 229 Å². The average Bonchev–Trinajstić information content (AvgIpc) is 4.14. The third-order valence-corrected chi connectivity index (χ3v) is 14.7. The van der Waals surface area contributed by atoms with Gasteiger partial charge in [0.2, 0.25) is 0 Å². The number of hydrogen-bond donors (Lipinski definition) is 0. The van der Waals surface area contributed by atoms with Crippen LogP contribution in [0.5, 0.6) is 0 Å². The molecule has 0 radical (unpaired) electrons. The van der Waals surface area contributed by atoms with E-state index in [1.54, 1.807) is 16.7 Å². The summed E-state index contributed by atoms with van der Waals surface area (Å²) in [6.45, 7) is 0. The number of para-hydroxylation sites is 6. The van der Waals surface area contributed by atoms with E-state index in [1.807, 2.05) is 132 Å². The molecule has 0 N–H and O–H groups in total. The summed E-state index contributed by atoms with van der Waals surface area (Å²) < 4.78 is 100. The molecule has 0 amide bonds. The summed E-state index contributed by atoms with van der Waals surface area (Å²) in [5.74, 6) is 0. The Bertz CT molecular complexity index is 4590. The van der Waals surface area contributed by atoms with Crippen molar-refractivity contribution < 1.29 is 26.3 Å². The van der Waals surface area contributed by atoms with Gasteiger partial charge in [0.25, 0.3) is 0 Å². The van der Waals surface area contributed by atoms with Crippen LogP contribution in [0.4, 0.5) is 26.3 Å². The smallest absolute Gasteiger partial charge is 0.309 e. The number of benzene rings is 10. The van der Waals surface area contributed by atoms with Gasteiger partial charge in [0.15, 0.2) is 0 Å². The van der Waals surface area contributed by atoms with Gasteiger partial charge in [-0.25, -0.2) is 0 Å². The lowest BCUT2D eigenvalue weighted by molar-refractivity contribution is -0.142. The Morgan fingerprint density at radius 1 is 0.324 bits per heavy atom. The summed E-state index contributed by atoms with van der Waals surface area (Å²) in [4.78, 5) is 0. The van der Waals surface area contributed by atoms with Crippen LogP contribution in [0.1, 0.15) is 16.7 Å². The Labute approximate surface area is 416 Å². The van der Waals surface area contributed by atoms with Crippen molar-refractivity contribution >= 4 is 87.2 Å². The molecule has 0 bridgehead atoms. The number of rotatable bonds is 5. The van der Waals surface area contributed by atoms with Crippen LogP contribution in [-0.2, 0) is 12.4 Å². The minimum absolute atomic E-state index is 0.129. The van der Waals surface area contributed by atoms with E-state index < -0.39 is 34.6 Å². The van der Waals surface area contributed by atoms with Crippen molar-refractivity contribution in [2.24, 2.45) is 0 Å². The van der Waals surface area contributed by atoms with Gasteiger partial charge in [-0.05, 0) is 91.0 Å². The van der Waals surface area contributed by atoms with E-state index in [9.17, 15) is 5.26 Å². The molecule has 14 rings (SSSR count). The molecule has 74 heavy (non-hydrogen) atoms. The summed E-state index contributed by atoms with van der Waals surface area (Å²) in [5.41, 5.74) is 3.48. The normalized spacial score (nSPS) is 12.4. The van der Waals surface area contributed by atoms with Gasteiger partial charge in [0.05, 0.1) is 66.6 Å². The number of hydrogen-bond acceptors (Lipinski definition) is 1. The highest BCUT2D eigenvalue weighted by Gasteiger charge is 2.42. The zero-order valence-corrected chi connectivity index (χ0v) is 38.7. The molecular formula is C63H35F6N5. The van der Waals surface area contributed by atoms with Crippen molar-refractivity contribution in [1.82, 2.24) is 18.3 Å². The lowest BCUT2D eigenvalue weighted by Gasteiger charge is -2.24. The Hall–Kier alpha value is -9.53. The van der Waals surface area contributed by atoms with Crippen LogP contribution in [0.2, 0.25) is 0 Å². The first-order valence-corrected chi connectivity index (χ1v) is 23.9. The van der Waals surface area contributed by atoms with Crippen molar-refractivity contribution in [3.63, 3.8) is 0 Å². The largest absolute Gasteiger partial charge is 0.417 e. The molecule has 14 aromatic rings. The van der Waals surface area contributed by atoms with Crippen LogP contribution in [0.25, 0.3) is 121 Å². The topological polar surface area (TPSA) is 43.5 Å². The van der Waals surface area contributed by atoms with Crippen LogP contribution in [0.3, 0.4) is 0 Å². The Balaban J connectivity index is 1.09. The monoisotopic (exact) mass is 975 g/mol. The molecule has 0 aliphatic rings. The van der Waals surface area contributed by atoms with Gasteiger partial charge in [0.1, 0.15) is 11.6 Å². The zero-order chi connectivity index (χ0) is 50.2. The summed E-state index contributed by atoms with van der Waals surface area (Å²) in [6, 6.07) is 66.4. The van der Waals surface area contributed by atoms with Crippen molar-refractivity contribution in [3.8, 4) is 39.9 Å². The summed E-state index contributed by atoms with van der Waals surface area (Å²) in [5, 5.41) is 19.0. The van der Waals surface area contributed by atoms with Crippen LogP contribution in [0, 0.1) is 11.3 Å². The van der Waals surface area contributed by atoms with Gasteiger partial charge in [-0.15, -0.1) is 0 Å². The molecule has 354 valence electrons. The van der Waals surface area contributed by atoms with Crippen molar-refractivity contribution in [2.75, 3.05) is 0 Å². The summed E-state index contributed by atoms with van der Waals surface area (Å²) >= 11 is 0. The highest BCUT2D eigenvalue weighted by molar-refractivity contribution is 6.15. The predicted octanol–water partition coefficient (Wildman–Crippen LogP) is 17.7. The van der Waals surface area contributed by atoms with Crippen LogP contribution in [0.15, 0.2) is 212 Å². The maximum Gasteiger partial charge on any atom is 0.417 e. The highest BCUT2D eigenvalue weighted by atomic mass is 19.4. The van der Waals surface area contributed by atoms with Crippen molar-refractivity contribution in [1.29, 1.82) is 5.26 Å². The van der Waals surface area contributed by atoms with E-state index >= 15 is 26.3 Å². The van der Waals surface area contributed by atoms with Gasteiger partial charge in [-0.1, -0.05) is 121 Å². The third-order valence-electron chi connectivity index (χ3n) is 14.7. The molecular weight excluding hydrogens is 941 g/mol. The molecule has 11 heteroatoms. The number of aromatic nitrogens is 4. The zero-order valence-electron chi connectivity index (χ0n) is 38.7. The van der Waals surface area contributed by atoms with E-state index in [0.29, 0.717) is 45.0 Å². The number of nitrogens with zero attached hydrogens (tertiary/aromatic N) is 5. The summed E-state index contributed by atoms with van der Waals surface area (Å²) in [7, 11) is 0. The fourth-order valence-electron chi connectivity index (χ4n) is 11.7. The van der Waals surface area contributed by atoms with Crippen LogP contribution < -0.4 is 0 Å². The summed E-state index contributed by atoms with van der Waals surface area (Å²) in [6.07, 6.45) is -10.4. The Morgan fingerprint density at radius 3 is 1.05 bits per heavy atom. The first-order chi connectivity index (χ1) is 36.0. The maximum atomic E-state index is 15.4. The van der Waals surface area contributed by atoms with Crippen LogP contribution >= 0.6 is 0 Å². The molecule has 0 aliphatic heterocycles. The molecule has 0 spiro atoms. The fourth-order valence-corrected chi connectivity index (χ4v) is 11.7. The SMILES string of the molecule is N#Cc1c(-n2c3ccccc3c3cc(-n4c5ccccc5c5ccccc54)ccc32)ccc(-c2c(C(F)(F)F)cccc2C(F)(F)F)c1-n1c2ccccc2c2cc(-n3c4ccccc4c4ccccc43)ccc21. The second-order valence-electron chi connectivity index (χ2n) is 18.5. The lowest BCUT2D eigenvalue weighted by Crippen LogP contribution is -2.16. The molecule has 0 atom stereocenters. The van der Waals surface area contributed by atoms with E-state index in [2.05, 4.69) is 57.7 Å². The van der Waals surface area contributed by atoms with Gasteiger partial charge in [-0.3, -0.25) is 0 Å². The maximum absolute atomic E-state index is 15.4. The van der Waals surface area contributed by atoms with Gasteiger partial charge >= 0.3 is 12.4 Å². The second kappa shape index (κ2) is 15.7. The van der Waals surface area contributed by atoms with E-state index in [4.69, 9.17) is 0 Å². The first kappa shape index (κ1) is 43.3. The second-order valence-corrected chi connectivity index (χ2v) is 18.5. The predicted molar refractivity (Wildman–Crippen MR) is 284 cm³/mol. The van der Waals surface area contributed by atoms with E-state index in [1.165, 1.54) is 12.1 Å². The van der Waals surface area contributed by atoms with Gasteiger partial charge in [0, 0.05) is 65.6 Å². The fraction of sp³-hybridized carbons (Fsp3) is 0.0317. The molecule has 0 saturated carbocycles. The molecule has 0 unspecified atom stereocenters. The van der Waals surface area contributed by atoms with Crippen LogP contribution in [-0.4, -0.2) is 18.3 Å². The number of alkyl halides is 6. The standard InChI is InChI=1S/C63H35F6N5/c64-62(65,66)49-20-13-21-50(63(67,68)69)60(49)45-30-33-59(73-55-26-11-5-18-43(55)46-34-37(28-31-57(46)73)71-51-22-7-1-14-39(51)40-15-2-8-23-52(40)71)48(36-70)61(45)74-56-27-12-6-19-44(56)47-35-38(29-32-58(47)74)72-53-24-9-3-16-41(53)42-17-4-10-25-54(42)72/h1-35H. The minimum Gasteiger partial charge on any atom is -0.309 e. The molecule has 4 aromatic heterocycles.